The van der Waals surface area contributed by atoms with Crippen LogP contribution in [-0.2, 0) is 28.7 Å². The van der Waals surface area contributed by atoms with E-state index in [1.165, 1.54) is 128 Å². The van der Waals surface area contributed by atoms with E-state index in [1.54, 1.807) is 0 Å². The van der Waals surface area contributed by atoms with Gasteiger partial charge in [-0.05, 0) is 50.7 Å². The van der Waals surface area contributed by atoms with Crippen LogP contribution in [0, 0.1) is 0 Å². The fourth-order valence-corrected chi connectivity index (χ4v) is 4.41. The molecule has 10 heteroatoms. The molecular formula is C36H62K2O8. The second kappa shape index (κ2) is 45.6. The molecule has 0 amide bonds. The number of hydrogen-bond acceptors (Lipinski definition) is 8. The SMILES string of the molecule is CCCCCCCCCCCCC=COC(=O)CCC(=O)[O-].CCCCCCCCCCCCC=COC(=O)CCC(=O)[O-].[K+].[K+]. The monoisotopic (exact) mass is 700 g/mol. The molecular weight excluding hydrogens is 639 g/mol. The largest absolute Gasteiger partial charge is 1.00 e. The van der Waals surface area contributed by atoms with Crippen molar-refractivity contribution in [1.82, 2.24) is 0 Å². The van der Waals surface area contributed by atoms with Gasteiger partial charge < -0.3 is 29.3 Å². The molecule has 0 aromatic heterocycles. The maximum absolute atomic E-state index is 11.1. The summed E-state index contributed by atoms with van der Waals surface area (Å²) in [5, 5.41) is 20.3. The molecule has 0 aromatic rings. The Labute approximate surface area is 365 Å². The molecule has 0 aliphatic heterocycles. The van der Waals surface area contributed by atoms with Crippen molar-refractivity contribution in [3.8, 4) is 0 Å². The van der Waals surface area contributed by atoms with E-state index in [4.69, 9.17) is 9.47 Å². The van der Waals surface area contributed by atoms with Crippen LogP contribution in [0.3, 0.4) is 0 Å². The first-order valence-corrected chi connectivity index (χ1v) is 17.4. The quantitative estimate of drug-likeness (QED) is 0.0480. The average Bonchev–Trinajstić information content (AvgIpc) is 3.00. The number of unbranched alkanes of at least 4 members (excludes halogenated alkanes) is 20. The molecule has 0 atom stereocenters. The van der Waals surface area contributed by atoms with Gasteiger partial charge in [0, 0.05) is 11.9 Å². The van der Waals surface area contributed by atoms with Gasteiger partial charge in [0.2, 0.25) is 0 Å². The van der Waals surface area contributed by atoms with E-state index >= 15 is 0 Å². The third-order valence-electron chi connectivity index (χ3n) is 7.11. The first kappa shape index (κ1) is 53.4. The number of aliphatic carboxylic acids is 2. The Kier molecular flexibility index (Phi) is 53.0. The molecule has 0 unspecified atom stereocenters. The molecule has 0 radical (unpaired) electrons. The van der Waals surface area contributed by atoms with Crippen molar-refractivity contribution in [2.24, 2.45) is 0 Å². The van der Waals surface area contributed by atoms with Gasteiger partial charge in [0.1, 0.15) is 0 Å². The first-order chi connectivity index (χ1) is 21.3. The molecule has 256 valence electrons. The standard InChI is InChI=1S/2C18H32O4.2K/c2*1-2-3-4-5-6-7-8-9-10-11-12-13-16-22-18(21)15-14-17(19)20;;/h2*13,16H,2-12,14-15H2,1H3,(H,19,20);;/q;;2*+1/p-2. The van der Waals surface area contributed by atoms with Crippen molar-refractivity contribution in [2.75, 3.05) is 0 Å². The van der Waals surface area contributed by atoms with Crippen molar-refractivity contribution in [3.63, 3.8) is 0 Å². The maximum Gasteiger partial charge on any atom is 1.00 e. The number of carbonyl (C=O) groups is 4. The van der Waals surface area contributed by atoms with Gasteiger partial charge in [-0.1, -0.05) is 129 Å². The van der Waals surface area contributed by atoms with Crippen LogP contribution in [-0.4, -0.2) is 23.9 Å². The van der Waals surface area contributed by atoms with E-state index in [2.05, 4.69) is 13.8 Å². The number of ether oxygens (including phenoxy) is 2. The van der Waals surface area contributed by atoms with Gasteiger partial charge in [0.15, 0.2) is 0 Å². The van der Waals surface area contributed by atoms with Gasteiger partial charge in [0.05, 0.1) is 25.4 Å². The second-order valence-corrected chi connectivity index (χ2v) is 11.4. The Morgan fingerprint density at radius 1 is 0.435 bits per heavy atom. The number of allylic oxidation sites excluding steroid dienone is 2. The summed E-state index contributed by atoms with van der Waals surface area (Å²) in [6, 6.07) is 0. The minimum absolute atomic E-state index is 0. The zero-order valence-electron chi connectivity index (χ0n) is 30.0. The summed E-state index contributed by atoms with van der Waals surface area (Å²) in [6.07, 6.45) is 33.4. The van der Waals surface area contributed by atoms with Crippen molar-refractivity contribution in [3.05, 3.63) is 24.7 Å². The second-order valence-electron chi connectivity index (χ2n) is 11.4. The van der Waals surface area contributed by atoms with Crippen molar-refractivity contribution >= 4 is 23.9 Å². The maximum atomic E-state index is 11.1. The van der Waals surface area contributed by atoms with Gasteiger partial charge in [0.25, 0.3) is 0 Å². The summed E-state index contributed by atoms with van der Waals surface area (Å²) < 4.78 is 9.55. The topological polar surface area (TPSA) is 133 Å². The third kappa shape index (κ3) is 51.5. The molecule has 0 bridgehead atoms. The Morgan fingerprint density at radius 3 is 0.957 bits per heavy atom. The number of esters is 2. The van der Waals surface area contributed by atoms with Crippen LogP contribution < -0.4 is 113 Å². The molecule has 0 heterocycles. The number of hydrogen-bond donors (Lipinski definition) is 0. The molecule has 0 aliphatic rings. The van der Waals surface area contributed by atoms with Crippen LogP contribution in [0.2, 0.25) is 0 Å². The average molecular weight is 701 g/mol. The van der Waals surface area contributed by atoms with Crippen LogP contribution >= 0.6 is 0 Å². The van der Waals surface area contributed by atoms with Gasteiger partial charge in [-0.2, -0.15) is 0 Å². The van der Waals surface area contributed by atoms with E-state index < -0.39 is 23.9 Å². The fourth-order valence-electron chi connectivity index (χ4n) is 4.41. The molecule has 46 heavy (non-hydrogen) atoms. The first-order valence-electron chi connectivity index (χ1n) is 17.4. The van der Waals surface area contributed by atoms with Crippen LogP contribution in [0.4, 0.5) is 0 Å². The minimum atomic E-state index is -1.23. The van der Waals surface area contributed by atoms with Crippen molar-refractivity contribution in [2.45, 2.75) is 181 Å². The Morgan fingerprint density at radius 2 is 0.696 bits per heavy atom. The Balaban J connectivity index is -0.000000367. The van der Waals surface area contributed by atoms with E-state index in [0.717, 1.165) is 25.7 Å². The Bertz CT molecular complexity index is 694. The molecule has 0 rings (SSSR count). The van der Waals surface area contributed by atoms with Gasteiger partial charge in [-0.15, -0.1) is 0 Å². The summed E-state index contributed by atoms with van der Waals surface area (Å²) in [5.74, 6) is -3.51. The smallest absolute Gasteiger partial charge is 0.550 e. The number of rotatable bonds is 30. The van der Waals surface area contributed by atoms with Crippen LogP contribution in [0.15, 0.2) is 24.7 Å². The van der Waals surface area contributed by atoms with Gasteiger partial charge in [-0.25, -0.2) is 0 Å². The molecule has 0 aliphatic carbocycles. The van der Waals surface area contributed by atoms with Crippen molar-refractivity contribution in [1.29, 1.82) is 0 Å². The van der Waals surface area contributed by atoms with E-state index in [1.807, 2.05) is 12.2 Å². The van der Waals surface area contributed by atoms with E-state index in [9.17, 15) is 29.4 Å². The summed E-state index contributed by atoms with van der Waals surface area (Å²) in [6.45, 7) is 4.48. The summed E-state index contributed by atoms with van der Waals surface area (Å²) in [7, 11) is 0. The van der Waals surface area contributed by atoms with E-state index in [-0.39, 0.29) is 128 Å². The molecule has 0 N–H and O–H groups in total. The molecule has 0 saturated carbocycles. The fraction of sp³-hybridized carbons (Fsp3) is 0.778. The summed E-state index contributed by atoms with van der Waals surface area (Å²) in [5.41, 5.74) is 0. The van der Waals surface area contributed by atoms with Crippen molar-refractivity contribution < 1.29 is 142 Å². The molecule has 0 saturated heterocycles. The number of carboxylic acid groups (broad SMARTS) is 2. The predicted molar refractivity (Wildman–Crippen MR) is 172 cm³/mol. The summed E-state index contributed by atoms with van der Waals surface area (Å²) >= 11 is 0. The zero-order chi connectivity index (χ0) is 32.9. The van der Waals surface area contributed by atoms with Gasteiger partial charge >= 0.3 is 115 Å². The third-order valence-corrected chi connectivity index (χ3v) is 7.11. The van der Waals surface area contributed by atoms with Crippen LogP contribution in [0.1, 0.15) is 181 Å². The Hall–Kier alpha value is 0.633. The molecule has 8 nitrogen and oxygen atoms in total. The van der Waals surface area contributed by atoms with Gasteiger partial charge in [-0.3, -0.25) is 9.59 Å². The molecule has 0 fully saturated rings. The molecule has 0 aromatic carbocycles. The van der Waals surface area contributed by atoms with E-state index in [0.29, 0.717) is 0 Å². The number of carbonyl (C=O) groups excluding carboxylic acids is 4. The molecule has 0 spiro atoms. The predicted octanol–water partition coefficient (Wildman–Crippen LogP) is 1.78. The van der Waals surface area contributed by atoms with Crippen LogP contribution in [0.25, 0.3) is 0 Å². The number of carboxylic acids is 2. The summed E-state index contributed by atoms with van der Waals surface area (Å²) in [4.78, 5) is 42.5. The van der Waals surface area contributed by atoms with Crippen LogP contribution in [0.5, 0.6) is 0 Å². The minimum Gasteiger partial charge on any atom is -0.550 e. The zero-order valence-corrected chi connectivity index (χ0v) is 36.2. The normalized spacial score (nSPS) is 10.5.